The fourth-order valence-electron chi connectivity index (χ4n) is 2.06. The fourth-order valence-corrected chi connectivity index (χ4v) is 2.06. The zero-order valence-electron chi connectivity index (χ0n) is 9.36. The number of hydrogen-bond donors (Lipinski definition) is 1. The first kappa shape index (κ1) is 10.6. The van der Waals surface area contributed by atoms with Gasteiger partial charge in [0, 0.05) is 5.54 Å². The zero-order chi connectivity index (χ0) is 10.9. The minimum atomic E-state index is 0.253. The summed E-state index contributed by atoms with van der Waals surface area (Å²) in [4.78, 5) is 6.60. The van der Waals surface area contributed by atoms with E-state index >= 15 is 0 Å². The largest absolute Gasteiger partial charge is 0.338 e. The lowest BCUT2D eigenvalue weighted by atomic mass is 10.0. The average molecular weight is 210 g/mol. The van der Waals surface area contributed by atoms with Crippen molar-refractivity contribution in [2.24, 2.45) is 5.73 Å². The maximum atomic E-state index is 5.41. The van der Waals surface area contributed by atoms with Gasteiger partial charge >= 0.3 is 0 Å². The monoisotopic (exact) mass is 210 g/mol. The van der Waals surface area contributed by atoms with Crippen molar-refractivity contribution in [3.63, 3.8) is 0 Å². The maximum absolute atomic E-state index is 5.41. The lowest BCUT2D eigenvalue weighted by Gasteiger charge is -2.30. The number of nitrogens with zero attached hydrogens (tertiary/aromatic N) is 3. The first-order valence-electron chi connectivity index (χ1n) is 5.38. The summed E-state index contributed by atoms with van der Waals surface area (Å²) < 4.78 is 4.98. The minimum absolute atomic E-state index is 0.253. The second-order valence-electron chi connectivity index (χ2n) is 4.65. The predicted molar refractivity (Wildman–Crippen MR) is 55.9 cm³/mol. The molecule has 15 heavy (non-hydrogen) atoms. The quantitative estimate of drug-likeness (QED) is 0.802. The number of aromatic nitrogens is 2. The Morgan fingerprint density at radius 3 is 2.87 bits per heavy atom. The van der Waals surface area contributed by atoms with E-state index in [0.29, 0.717) is 12.4 Å². The molecule has 5 nitrogen and oxygen atoms in total. The van der Waals surface area contributed by atoms with Crippen molar-refractivity contribution in [3.05, 3.63) is 11.7 Å². The van der Waals surface area contributed by atoms with Crippen molar-refractivity contribution in [3.8, 4) is 0 Å². The molecule has 1 aromatic heterocycles. The Hall–Kier alpha value is -0.940. The molecule has 84 valence electrons. The van der Waals surface area contributed by atoms with E-state index in [1.807, 2.05) is 0 Å². The highest BCUT2D eigenvalue weighted by molar-refractivity contribution is 4.93. The van der Waals surface area contributed by atoms with Crippen molar-refractivity contribution < 1.29 is 4.52 Å². The summed E-state index contributed by atoms with van der Waals surface area (Å²) in [5.74, 6) is 1.26. The normalized spacial score (nSPS) is 21.0. The Bertz CT molecular complexity index is 334. The summed E-state index contributed by atoms with van der Waals surface area (Å²) in [7, 11) is 0. The topological polar surface area (TPSA) is 68.2 Å². The molecular formula is C10H18N4O. The third kappa shape index (κ3) is 2.18. The predicted octanol–water partition coefficient (Wildman–Crippen LogP) is 0.903. The van der Waals surface area contributed by atoms with E-state index in [2.05, 4.69) is 28.9 Å². The number of nitrogens with two attached hydrogens (primary N) is 1. The second-order valence-corrected chi connectivity index (χ2v) is 4.65. The van der Waals surface area contributed by atoms with E-state index in [1.165, 1.54) is 12.8 Å². The SMILES string of the molecule is CC1(C)CCCN1Cc1noc(CN)n1. The average Bonchev–Trinajstić information content (AvgIpc) is 2.75. The van der Waals surface area contributed by atoms with Crippen LogP contribution in [-0.4, -0.2) is 27.1 Å². The Kier molecular flexibility index (Phi) is 2.75. The van der Waals surface area contributed by atoms with Gasteiger partial charge in [0.25, 0.3) is 0 Å². The van der Waals surface area contributed by atoms with Gasteiger partial charge < -0.3 is 10.3 Å². The summed E-state index contributed by atoms with van der Waals surface area (Å²) in [6, 6.07) is 0. The molecule has 0 unspecified atom stereocenters. The van der Waals surface area contributed by atoms with E-state index in [-0.39, 0.29) is 5.54 Å². The Morgan fingerprint density at radius 2 is 2.33 bits per heavy atom. The van der Waals surface area contributed by atoms with Gasteiger partial charge in [-0.1, -0.05) is 5.16 Å². The van der Waals surface area contributed by atoms with Crippen LogP contribution in [0.4, 0.5) is 0 Å². The molecule has 0 amide bonds. The number of rotatable bonds is 3. The Labute approximate surface area is 89.6 Å². The van der Waals surface area contributed by atoms with Crippen molar-refractivity contribution in [2.45, 2.75) is 45.3 Å². The van der Waals surface area contributed by atoms with Gasteiger partial charge in [0.2, 0.25) is 5.89 Å². The molecule has 0 radical (unpaired) electrons. The van der Waals surface area contributed by atoms with Crippen molar-refractivity contribution in [2.75, 3.05) is 6.54 Å². The molecule has 0 aliphatic carbocycles. The third-order valence-electron chi connectivity index (χ3n) is 3.09. The Balaban J connectivity index is 2.02. The van der Waals surface area contributed by atoms with Gasteiger partial charge in [-0.3, -0.25) is 4.90 Å². The standard InChI is InChI=1S/C10H18N4O/c1-10(2)4-3-5-14(10)7-8-12-9(6-11)15-13-8/h3-7,11H2,1-2H3. The summed E-state index contributed by atoms with van der Waals surface area (Å²) in [6.45, 7) is 6.69. The molecule has 0 spiro atoms. The van der Waals surface area contributed by atoms with Crippen LogP contribution in [0.1, 0.15) is 38.4 Å². The van der Waals surface area contributed by atoms with Gasteiger partial charge in [0.05, 0.1) is 13.1 Å². The van der Waals surface area contributed by atoms with Crippen LogP contribution in [-0.2, 0) is 13.1 Å². The van der Waals surface area contributed by atoms with Gasteiger partial charge in [0.1, 0.15) is 0 Å². The lowest BCUT2D eigenvalue weighted by Crippen LogP contribution is -2.37. The van der Waals surface area contributed by atoms with Gasteiger partial charge in [-0.15, -0.1) is 0 Å². The van der Waals surface area contributed by atoms with E-state index in [4.69, 9.17) is 10.3 Å². The van der Waals surface area contributed by atoms with Crippen molar-refractivity contribution in [1.29, 1.82) is 0 Å². The molecule has 1 fully saturated rings. The first-order chi connectivity index (χ1) is 7.12. The van der Waals surface area contributed by atoms with E-state index < -0.39 is 0 Å². The van der Waals surface area contributed by atoms with Gasteiger partial charge in [-0.05, 0) is 33.2 Å². The molecule has 0 saturated carbocycles. The molecule has 1 aromatic rings. The van der Waals surface area contributed by atoms with Crippen molar-refractivity contribution in [1.82, 2.24) is 15.0 Å². The molecule has 1 aliphatic rings. The highest BCUT2D eigenvalue weighted by atomic mass is 16.5. The number of likely N-dealkylation sites (tertiary alicyclic amines) is 1. The molecule has 5 heteroatoms. The van der Waals surface area contributed by atoms with Crippen molar-refractivity contribution >= 4 is 0 Å². The second kappa shape index (κ2) is 3.90. The van der Waals surface area contributed by atoms with Crippen LogP contribution in [0, 0.1) is 0 Å². The molecule has 0 bridgehead atoms. The molecule has 2 N–H and O–H groups in total. The maximum Gasteiger partial charge on any atom is 0.240 e. The molecule has 1 aliphatic heterocycles. The van der Waals surface area contributed by atoms with Crippen LogP contribution in [0.2, 0.25) is 0 Å². The summed E-state index contributed by atoms with van der Waals surface area (Å²) in [5, 5.41) is 3.91. The smallest absolute Gasteiger partial charge is 0.240 e. The highest BCUT2D eigenvalue weighted by Crippen LogP contribution is 2.29. The molecular weight excluding hydrogens is 192 g/mol. The number of hydrogen-bond acceptors (Lipinski definition) is 5. The molecule has 1 saturated heterocycles. The van der Waals surface area contributed by atoms with Crippen LogP contribution in [0.15, 0.2) is 4.52 Å². The van der Waals surface area contributed by atoms with E-state index in [1.54, 1.807) is 0 Å². The van der Waals surface area contributed by atoms with Gasteiger partial charge in [-0.2, -0.15) is 4.98 Å². The van der Waals surface area contributed by atoms with E-state index in [0.717, 1.165) is 18.9 Å². The summed E-state index contributed by atoms with van der Waals surface area (Å²) in [5.41, 5.74) is 5.67. The third-order valence-corrected chi connectivity index (χ3v) is 3.09. The summed E-state index contributed by atoms with van der Waals surface area (Å²) >= 11 is 0. The minimum Gasteiger partial charge on any atom is -0.338 e. The summed E-state index contributed by atoms with van der Waals surface area (Å²) in [6.07, 6.45) is 2.48. The van der Waals surface area contributed by atoms with Crippen LogP contribution in [0.25, 0.3) is 0 Å². The molecule has 2 heterocycles. The van der Waals surface area contributed by atoms with Gasteiger partial charge in [0.15, 0.2) is 5.82 Å². The van der Waals surface area contributed by atoms with Crippen LogP contribution < -0.4 is 5.73 Å². The molecule has 2 rings (SSSR count). The molecule has 0 atom stereocenters. The fraction of sp³-hybridized carbons (Fsp3) is 0.800. The van der Waals surface area contributed by atoms with Gasteiger partial charge in [-0.25, -0.2) is 0 Å². The lowest BCUT2D eigenvalue weighted by molar-refractivity contribution is 0.160. The van der Waals surface area contributed by atoms with Crippen LogP contribution in [0.5, 0.6) is 0 Å². The van der Waals surface area contributed by atoms with Crippen LogP contribution in [0.3, 0.4) is 0 Å². The van der Waals surface area contributed by atoms with E-state index in [9.17, 15) is 0 Å². The Morgan fingerprint density at radius 1 is 1.53 bits per heavy atom. The first-order valence-corrected chi connectivity index (χ1v) is 5.38. The van der Waals surface area contributed by atoms with Crippen LogP contribution >= 0.6 is 0 Å². The molecule has 0 aromatic carbocycles. The highest BCUT2D eigenvalue weighted by Gasteiger charge is 2.32. The zero-order valence-corrected chi connectivity index (χ0v) is 9.36.